The molecule has 0 saturated carbocycles. The van der Waals surface area contributed by atoms with Gasteiger partial charge in [-0.2, -0.15) is 0 Å². The van der Waals surface area contributed by atoms with Gasteiger partial charge in [0.05, 0.1) is 24.2 Å². The molecule has 1 heterocycles. The van der Waals surface area contributed by atoms with Gasteiger partial charge in [0.1, 0.15) is 11.6 Å². The minimum absolute atomic E-state index is 0.0239. The number of rotatable bonds is 4. The summed E-state index contributed by atoms with van der Waals surface area (Å²) in [5, 5.41) is 6.48. The number of nitrogens with one attached hydrogen (secondary N) is 2. The maximum Gasteiger partial charge on any atom is 0.234 e. The van der Waals surface area contributed by atoms with Crippen LogP contribution in [0.5, 0.6) is 5.75 Å². The summed E-state index contributed by atoms with van der Waals surface area (Å²) < 4.78 is 19.2. The lowest BCUT2D eigenvalue weighted by Gasteiger charge is -2.27. The van der Waals surface area contributed by atoms with E-state index < -0.39 is 0 Å². The fourth-order valence-electron chi connectivity index (χ4n) is 3.76. The van der Waals surface area contributed by atoms with E-state index in [1.54, 1.807) is 6.07 Å². The van der Waals surface area contributed by atoms with Crippen LogP contribution in [-0.2, 0) is 11.2 Å². The Balaban J connectivity index is 1.37. The molecule has 1 aliphatic carbocycles. The Kier molecular flexibility index (Phi) is 4.83. The number of ether oxygens (including phenoxy) is 1. The molecule has 6 heteroatoms. The van der Waals surface area contributed by atoms with Gasteiger partial charge in [0.2, 0.25) is 5.91 Å². The second-order valence-electron chi connectivity index (χ2n) is 6.73. The number of amides is 1. The van der Waals surface area contributed by atoms with Crippen LogP contribution in [0.4, 0.5) is 4.39 Å². The Morgan fingerprint density at radius 1 is 1.19 bits per heavy atom. The minimum Gasteiger partial charge on any atom is -0.493 e. The van der Waals surface area contributed by atoms with E-state index in [2.05, 4.69) is 10.6 Å². The van der Waals surface area contributed by atoms with Crippen LogP contribution >= 0.6 is 11.6 Å². The number of para-hydroxylation sites is 1. The van der Waals surface area contributed by atoms with Crippen molar-refractivity contribution in [2.24, 2.45) is 0 Å². The van der Waals surface area contributed by atoms with Crippen LogP contribution in [0.2, 0.25) is 5.02 Å². The lowest BCUT2D eigenvalue weighted by Crippen LogP contribution is -2.38. The average molecular weight is 375 g/mol. The first kappa shape index (κ1) is 17.3. The molecule has 0 spiro atoms. The second kappa shape index (κ2) is 7.25. The number of benzene rings is 2. The normalized spacial score (nSPS) is 20.8. The molecule has 2 aliphatic rings. The quantitative estimate of drug-likeness (QED) is 0.858. The van der Waals surface area contributed by atoms with Gasteiger partial charge in [0.15, 0.2) is 0 Å². The number of hydrogen-bond acceptors (Lipinski definition) is 3. The van der Waals surface area contributed by atoms with Crippen molar-refractivity contribution in [2.45, 2.75) is 31.3 Å². The van der Waals surface area contributed by atoms with E-state index in [0.29, 0.717) is 6.61 Å². The maximum absolute atomic E-state index is 13.6. The third-order valence-electron chi connectivity index (χ3n) is 5.06. The Labute approximate surface area is 156 Å². The predicted molar refractivity (Wildman–Crippen MR) is 97.9 cm³/mol. The highest BCUT2D eigenvalue weighted by molar-refractivity contribution is 6.30. The smallest absolute Gasteiger partial charge is 0.234 e. The average Bonchev–Trinajstić information content (AvgIpc) is 3.02. The third kappa shape index (κ3) is 3.41. The van der Waals surface area contributed by atoms with Gasteiger partial charge in [0, 0.05) is 18.0 Å². The molecule has 0 radical (unpaired) electrons. The van der Waals surface area contributed by atoms with Gasteiger partial charge < -0.3 is 15.4 Å². The van der Waals surface area contributed by atoms with Crippen LogP contribution in [-0.4, -0.2) is 19.1 Å². The van der Waals surface area contributed by atoms with E-state index in [-0.39, 0.29) is 35.4 Å². The molecule has 1 aliphatic heterocycles. The molecule has 4 rings (SSSR count). The van der Waals surface area contributed by atoms with Crippen molar-refractivity contribution in [1.29, 1.82) is 0 Å². The molecule has 1 amide bonds. The molecule has 2 aromatic carbocycles. The summed E-state index contributed by atoms with van der Waals surface area (Å²) in [7, 11) is 0. The lowest BCUT2D eigenvalue weighted by atomic mass is 10.0. The second-order valence-corrected chi connectivity index (χ2v) is 7.14. The number of halogens is 2. The van der Waals surface area contributed by atoms with Crippen molar-refractivity contribution >= 4 is 17.5 Å². The van der Waals surface area contributed by atoms with Crippen molar-refractivity contribution in [3.8, 4) is 5.75 Å². The number of carbonyl (C=O) groups excluding carboxylic acids is 1. The van der Waals surface area contributed by atoms with Gasteiger partial charge >= 0.3 is 0 Å². The summed E-state index contributed by atoms with van der Waals surface area (Å²) >= 11 is 5.90. The van der Waals surface area contributed by atoms with E-state index in [1.165, 1.54) is 6.07 Å². The van der Waals surface area contributed by atoms with Crippen molar-refractivity contribution in [1.82, 2.24) is 10.6 Å². The van der Waals surface area contributed by atoms with Gasteiger partial charge in [-0.15, -0.1) is 0 Å². The molecular weight excluding hydrogens is 355 g/mol. The molecule has 2 aromatic rings. The molecule has 2 atom stereocenters. The number of aryl methyl sites for hydroxylation is 1. The van der Waals surface area contributed by atoms with Crippen molar-refractivity contribution in [2.75, 3.05) is 13.2 Å². The van der Waals surface area contributed by atoms with Crippen molar-refractivity contribution in [3.05, 3.63) is 63.9 Å². The minimum atomic E-state index is -0.387. The van der Waals surface area contributed by atoms with Gasteiger partial charge in [-0.25, -0.2) is 4.39 Å². The lowest BCUT2D eigenvalue weighted by molar-refractivity contribution is -0.121. The van der Waals surface area contributed by atoms with E-state index in [4.69, 9.17) is 16.3 Å². The molecule has 0 fully saturated rings. The van der Waals surface area contributed by atoms with E-state index in [1.807, 2.05) is 24.3 Å². The monoisotopic (exact) mass is 374 g/mol. The molecule has 0 bridgehead atoms. The summed E-state index contributed by atoms with van der Waals surface area (Å²) in [6.45, 7) is 0.800. The van der Waals surface area contributed by atoms with Crippen LogP contribution < -0.4 is 15.4 Å². The van der Waals surface area contributed by atoms with Crippen molar-refractivity contribution < 1.29 is 13.9 Å². The van der Waals surface area contributed by atoms with Gasteiger partial charge in [-0.05, 0) is 42.2 Å². The fourth-order valence-corrected chi connectivity index (χ4v) is 3.94. The molecule has 2 unspecified atom stereocenters. The molecule has 136 valence electrons. The Morgan fingerprint density at radius 2 is 2.04 bits per heavy atom. The molecule has 4 nitrogen and oxygen atoms in total. The number of carbonyl (C=O) groups is 1. The SMILES string of the molecule is O=C(CNC1CCc2cc(F)c(Cl)cc21)NC1CCOc2ccccc21. The standard InChI is InChI=1S/C20H20ClFN2O2/c21-15-10-14-12(9-16(15)22)5-6-17(14)23-11-20(25)24-18-7-8-26-19-4-2-1-3-13(18)19/h1-4,9-10,17-18,23H,5-8,11H2,(H,24,25). The van der Waals surface area contributed by atoms with Gasteiger partial charge in [-0.3, -0.25) is 4.79 Å². The predicted octanol–water partition coefficient (Wildman–Crippen LogP) is 3.70. The molecular formula is C20H20ClFN2O2. The maximum atomic E-state index is 13.6. The Bertz CT molecular complexity index is 843. The van der Waals surface area contributed by atoms with Crippen LogP contribution in [0, 0.1) is 5.82 Å². The summed E-state index contributed by atoms with van der Waals surface area (Å²) in [5.74, 6) is 0.383. The third-order valence-corrected chi connectivity index (χ3v) is 5.35. The van der Waals surface area contributed by atoms with E-state index >= 15 is 0 Å². The summed E-state index contributed by atoms with van der Waals surface area (Å²) in [6.07, 6.45) is 2.38. The summed E-state index contributed by atoms with van der Waals surface area (Å²) in [4.78, 5) is 12.4. The first-order chi connectivity index (χ1) is 12.6. The topological polar surface area (TPSA) is 50.4 Å². The fraction of sp³-hybridized carbons (Fsp3) is 0.350. The summed E-state index contributed by atoms with van der Waals surface area (Å²) in [5.41, 5.74) is 2.96. The largest absolute Gasteiger partial charge is 0.493 e. The molecule has 0 saturated heterocycles. The highest BCUT2D eigenvalue weighted by Crippen LogP contribution is 2.34. The van der Waals surface area contributed by atoms with Crippen molar-refractivity contribution in [3.63, 3.8) is 0 Å². The zero-order chi connectivity index (χ0) is 18.1. The number of hydrogen-bond donors (Lipinski definition) is 2. The Morgan fingerprint density at radius 3 is 2.92 bits per heavy atom. The zero-order valence-electron chi connectivity index (χ0n) is 14.2. The first-order valence-electron chi connectivity index (χ1n) is 8.84. The van der Waals surface area contributed by atoms with Crippen LogP contribution in [0.25, 0.3) is 0 Å². The molecule has 0 aromatic heterocycles. The van der Waals surface area contributed by atoms with Gasteiger partial charge in [0.25, 0.3) is 0 Å². The number of fused-ring (bicyclic) bond motifs is 2. The molecule has 26 heavy (non-hydrogen) atoms. The highest BCUT2D eigenvalue weighted by atomic mass is 35.5. The van der Waals surface area contributed by atoms with Crippen LogP contribution in [0.1, 0.15) is 41.6 Å². The van der Waals surface area contributed by atoms with E-state index in [9.17, 15) is 9.18 Å². The van der Waals surface area contributed by atoms with Gasteiger partial charge in [-0.1, -0.05) is 29.8 Å². The Hall–Kier alpha value is -2.11. The van der Waals surface area contributed by atoms with Crippen LogP contribution in [0.15, 0.2) is 36.4 Å². The van der Waals surface area contributed by atoms with E-state index in [0.717, 1.165) is 41.7 Å². The van der Waals surface area contributed by atoms with Crippen LogP contribution in [0.3, 0.4) is 0 Å². The zero-order valence-corrected chi connectivity index (χ0v) is 15.0. The summed E-state index contributed by atoms with van der Waals surface area (Å²) in [6, 6.07) is 10.9. The first-order valence-corrected chi connectivity index (χ1v) is 9.22. The molecule has 2 N–H and O–H groups in total. The highest BCUT2D eigenvalue weighted by Gasteiger charge is 2.26.